The fraction of sp³-hybridized carbons (Fsp3) is 0.636. The number of benzene rings is 1. The summed E-state index contributed by atoms with van der Waals surface area (Å²) in [6.07, 6.45) is 3.39. The molecule has 156 valence electrons. The van der Waals surface area contributed by atoms with Gasteiger partial charge in [-0.2, -0.15) is 0 Å². The Labute approximate surface area is 167 Å². The molecule has 1 aliphatic rings. The van der Waals surface area contributed by atoms with Crippen LogP contribution >= 0.6 is 0 Å². The molecule has 0 aromatic heterocycles. The molecule has 1 N–H and O–H groups in total. The average Bonchev–Trinajstić information content (AvgIpc) is 2.63. The van der Waals surface area contributed by atoms with E-state index in [-0.39, 0.29) is 18.6 Å². The van der Waals surface area contributed by atoms with Gasteiger partial charge in [-0.15, -0.1) is 0 Å². The molecule has 0 spiro atoms. The third-order valence-electron chi connectivity index (χ3n) is 4.89. The second-order valence-electron chi connectivity index (χ2n) is 7.68. The molecule has 0 heterocycles. The van der Waals surface area contributed by atoms with E-state index in [2.05, 4.69) is 12.2 Å². The molecule has 6 heteroatoms. The number of amides is 1. The number of carbonyl (C=O) groups excluding carboxylic acids is 2. The summed E-state index contributed by atoms with van der Waals surface area (Å²) in [7, 11) is 0. The van der Waals surface area contributed by atoms with Gasteiger partial charge in [0.15, 0.2) is 0 Å². The second-order valence-corrected chi connectivity index (χ2v) is 7.68. The van der Waals surface area contributed by atoms with Crippen LogP contribution < -0.4 is 10.1 Å². The summed E-state index contributed by atoms with van der Waals surface area (Å²) in [5, 5.41) is 2.95. The molecule has 0 saturated heterocycles. The van der Waals surface area contributed by atoms with Crippen molar-refractivity contribution in [2.75, 3.05) is 18.5 Å². The smallest absolute Gasteiger partial charge is 0.341 e. The molecule has 1 fully saturated rings. The lowest BCUT2D eigenvalue weighted by Crippen LogP contribution is -2.48. The molecule has 6 nitrogen and oxygen atoms in total. The van der Waals surface area contributed by atoms with E-state index in [1.165, 1.54) is 0 Å². The number of hydrogen-bond acceptors (Lipinski definition) is 5. The fourth-order valence-corrected chi connectivity index (χ4v) is 3.76. The Kier molecular flexibility index (Phi) is 7.87. The maximum Gasteiger partial charge on any atom is 0.341 e. The quantitative estimate of drug-likeness (QED) is 0.657. The topological polar surface area (TPSA) is 73.9 Å². The maximum atomic E-state index is 13.1. The number of hydrogen-bond donors (Lipinski definition) is 1. The Balaban J connectivity index is 2.27. The number of ether oxygens (including phenoxy) is 3. The maximum absolute atomic E-state index is 13.1. The third kappa shape index (κ3) is 5.47. The molecular weight excluding hydrogens is 358 g/mol. The van der Waals surface area contributed by atoms with Gasteiger partial charge in [0.1, 0.15) is 16.9 Å². The first-order chi connectivity index (χ1) is 13.3. The molecule has 1 aromatic rings. The number of esters is 1. The number of nitrogens with one attached hydrogen (secondary N) is 1. The molecule has 0 aliphatic heterocycles. The molecule has 0 unspecified atom stereocenters. The predicted molar refractivity (Wildman–Crippen MR) is 109 cm³/mol. The highest BCUT2D eigenvalue weighted by Gasteiger charge is 2.42. The van der Waals surface area contributed by atoms with E-state index >= 15 is 0 Å². The van der Waals surface area contributed by atoms with Crippen molar-refractivity contribution in [3.8, 4) is 5.75 Å². The SMILES string of the molecule is CCOC(=O)c1cc(NC(=O)[C@@]2(OCC)CCC[C@@H](C)C2)ccc1OC(C)C. The van der Waals surface area contributed by atoms with Gasteiger partial charge >= 0.3 is 5.97 Å². The Hall–Kier alpha value is -2.08. The van der Waals surface area contributed by atoms with Gasteiger partial charge < -0.3 is 19.5 Å². The summed E-state index contributed by atoms with van der Waals surface area (Å²) in [6, 6.07) is 5.04. The van der Waals surface area contributed by atoms with E-state index in [0.29, 0.717) is 42.4 Å². The molecule has 0 bridgehead atoms. The van der Waals surface area contributed by atoms with Crippen molar-refractivity contribution >= 4 is 17.6 Å². The van der Waals surface area contributed by atoms with Gasteiger partial charge in [0, 0.05) is 12.3 Å². The summed E-state index contributed by atoms with van der Waals surface area (Å²) in [4.78, 5) is 25.5. The van der Waals surface area contributed by atoms with E-state index in [1.54, 1.807) is 25.1 Å². The van der Waals surface area contributed by atoms with Crippen LogP contribution in [0.25, 0.3) is 0 Å². The predicted octanol–water partition coefficient (Wildman–Crippen LogP) is 4.57. The summed E-state index contributed by atoms with van der Waals surface area (Å²) in [5.74, 6) is 0.244. The Morgan fingerprint density at radius 3 is 2.61 bits per heavy atom. The van der Waals surface area contributed by atoms with Crippen molar-refractivity contribution < 1.29 is 23.8 Å². The highest BCUT2D eigenvalue weighted by atomic mass is 16.5. The minimum Gasteiger partial charge on any atom is -0.490 e. The Bertz CT molecular complexity index is 684. The van der Waals surface area contributed by atoms with Gasteiger partial charge in [0.25, 0.3) is 5.91 Å². The normalized spacial score (nSPS) is 22.0. The zero-order valence-electron chi connectivity index (χ0n) is 17.7. The van der Waals surface area contributed by atoms with Crippen molar-refractivity contribution in [3.63, 3.8) is 0 Å². The van der Waals surface area contributed by atoms with Crippen LogP contribution in [-0.4, -0.2) is 36.8 Å². The lowest BCUT2D eigenvalue weighted by Gasteiger charge is -2.38. The van der Waals surface area contributed by atoms with Crippen LogP contribution in [0.15, 0.2) is 18.2 Å². The molecule has 1 aromatic carbocycles. The van der Waals surface area contributed by atoms with Gasteiger partial charge in [-0.3, -0.25) is 4.79 Å². The van der Waals surface area contributed by atoms with Gasteiger partial charge in [-0.1, -0.05) is 13.3 Å². The largest absolute Gasteiger partial charge is 0.490 e. The molecule has 1 aliphatic carbocycles. The van der Waals surface area contributed by atoms with Gasteiger partial charge in [-0.05, 0) is 71.1 Å². The highest BCUT2D eigenvalue weighted by Crippen LogP contribution is 2.36. The monoisotopic (exact) mass is 391 g/mol. The van der Waals surface area contributed by atoms with Crippen molar-refractivity contribution in [3.05, 3.63) is 23.8 Å². The fourth-order valence-electron chi connectivity index (χ4n) is 3.76. The third-order valence-corrected chi connectivity index (χ3v) is 4.89. The van der Waals surface area contributed by atoms with Gasteiger partial charge in [0.2, 0.25) is 0 Å². The lowest BCUT2D eigenvalue weighted by atomic mass is 9.78. The van der Waals surface area contributed by atoms with Crippen LogP contribution in [0.2, 0.25) is 0 Å². The van der Waals surface area contributed by atoms with E-state index in [0.717, 1.165) is 12.8 Å². The molecule has 0 radical (unpaired) electrons. The van der Waals surface area contributed by atoms with Crippen LogP contribution in [0.3, 0.4) is 0 Å². The van der Waals surface area contributed by atoms with Crippen LogP contribution in [0.1, 0.15) is 70.7 Å². The van der Waals surface area contributed by atoms with Crippen molar-refractivity contribution in [1.29, 1.82) is 0 Å². The summed E-state index contributed by atoms with van der Waals surface area (Å²) in [5.41, 5.74) is 0.0150. The number of anilines is 1. The molecule has 1 saturated carbocycles. The van der Waals surface area contributed by atoms with Gasteiger partial charge in [0.05, 0.1) is 12.7 Å². The zero-order chi connectivity index (χ0) is 20.7. The van der Waals surface area contributed by atoms with E-state index < -0.39 is 11.6 Å². The first kappa shape index (κ1) is 22.2. The van der Waals surface area contributed by atoms with Crippen LogP contribution in [-0.2, 0) is 14.3 Å². The summed E-state index contributed by atoms with van der Waals surface area (Å²) < 4.78 is 16.8. The van der Waals surface area contributed by atoms with E-state index in [4.69, 9.17) is 14.2 Å². The number of rotatable bonds is 8. The minimum atomic E-state index is -0.816. The van der Waals surface area contributed by atoms with Crippen molar-refractivity contribution in [1.82, 2.24) is 0 Å². The molecule has 28 heavy (non-hydrogen) atoms. The van der Waals surface area contributed by atoms with Crippen LogP contribution in [0, 0.1) is 5.92 Å². The molecule has 1 amide bonds. The standard InChI is InChI=1S/C22H33NO5/c1-6-26-20(24)18-13-17(10-11-19(18)28-15(3)4)23-21(25)22(27-7-2)12-8-9-16(5)14-22/h10-11,13,15-16H,6-9,12,14H2,1-5H3,(H,23,25)/t16-,22-/m1/s1. The Morgan fingerprint density at radius 1 is 1.25 bits per heavy atom. The zero-order valence-corrected chi connectivity index (χ0v) is 17.7. The highest BCUT2D eigenvalue weighted by molar-refractivity contribution is 5.99. The average molecular weight is 392 g/mol. The van der Waals surface area contributed by atoms with Crippen molar-refractivity contribution in [2.45, 2.75) is 72.0 Å². The first-order valence-corrected chi connectivity index (χ1v) is 10.2. The van der Waals surface area contributed by atoms with E-state index in [1.807, 2.05) is 20.8 Å². The Morgan fingerprint density at radius 2 is 2.00 bits per heavy atom. The van der Waals surface area contributed by atoms with E-state index in [9.17, 15) is 9.59 Å². The van der Waals surface area contributed by atoms with Crippen LogP contribution in [0.4, 0.5) is 5.69 Å². The number of carbonyl (C=O) groups is 2. The second kappa shape index (κ2) is 9.92. The minimum absolute atomic E-state index is 0.0847. The first-order valence-electron chi connectivity index (χ1n) is 10.2. The molecule has 2 atom stereocenters. The molecule has 2 rings (SSSR count). The van der Waals surface area contributed by atoms with Gasteiger partial charge in [-0.25, -0.2) is 4.79 Å². The lowest BCUT2D eigenvalue weighted by molar-refractivity contribution is -0.147. The van der Waals surface area contributed by atoms with Crippen molar-refractivity contribution in [2.24, 2.45) is 5.92 Å². The molecular formula is C22H33NO5. The summed E-state index contributed by atoms with van der Waals surface area (Å²) in [6.45, 7) is 10.3. The summed E-state index contributed by atoms with van der Waals surface area (Å²) >= 11 is 0. The van der Waals surface area contributed by atoms with Crippen LogP contribution in [0.5, 0.6) is 5.75 Å².